The lowest BCUT2D eigenvalue weighted by atomic mass is 9.86. The number of likely N-dealkylation sites (N-methyl/N-ethyl adjacent to an activating group) is 1. The molecule has 0 radical (unpaired) electrons. The average molecular weight is 714 g/mol. The normalized spacial score (nSPS) is 17.6. The zero-order valence-corrected chi connectivity index (χ0v) is 30.1. The molecular formula is C38H41ClFN7O4. The van der Waals surface area contributed by atoms with Crippen molar-refractivity contribution in [3.63, 3.8) is 0 Å². The second-order valence-electron chi connectivity index (χ2n) is 14.1. The molecule has 0 saturated carbocycles. The summed E-state index contributed by atoms with van der Waals surface area (Å²) in [5.74, 6) is -1.82. The van der Waals surface area contributed by atoms with Crippen LogP contribution in [-0.4, -0.2) is 93.0 Å². The zero-order chi connectivity index (χ0) is 36.4. The van der Waals surface area contributed by atoms with Crippen molar-refractivity contribution in [3.8, 4) is 5.69 Å². The molecule has 2 aliphatic rings. The van der Waals surface area contributed by atoms with Crippen LogP contribution in [0.2, 0.25) is 5.02 Å². The van der Waals surface area contributed by atoms with Gasteiger partial charge in [-0.15, -0.1) is 5.10 Å². The Labute approximate surface area is 301 Å². The summed E-state index contributed by atoms with van der Waals surface area (Å²) in [6, 6.07) is 15.2. The number of tetrazole rings is 1. The molecule has 51 heavy (non-hydrogen) atoms. The van der Waals surface area contributed by atoms with Gasteiger partial charge < -0.3 is 19.4 Å². The first kappa shape index (κ1) is 35.9. The minimum absolute atomic E-state index is 0.0230. The number of hydrogen-bond acceptors (Lipinski definition) is 9. The van der Waals surface area contributed by atoms with E-state index in [0.717, 1.165) is 36.3 Å². The highest BCUT2D eigenvalue weighted by Gasteiger charge is 2.37. The average Bonchev–Trinajstić information content (AvgIpc) is 3.81. The van der Waals surface area contributed by atoms with Crippen molar-refractivity contribution in [2.45, 2.75) is 57.7 Å². The van der Waals surface area contributed by atoms with E-state index in [1.54, 1.807) is 56.0 Å². The minimum Gasteiger partial charge on any atom is -0.456 e. The van der Waals surface area contributed by atoms with E-state index >= 15 is 4.39 Å². The summed E-state index contributed by atoms with van der Waals surface area (Å²) < 4.78 is 22.1. The highest BCUT2D eigenvalue weighted by Crippen LogP contribution is 2.38. The number of anilines is 1. The number of hydrogen-bond donors (Lipinski definition) is 0. The van der Waals surface area contributed by atoms with Crippen LogP contribution < -0.4 is 4.90 Å². The summed E-state index contributed by atoms with van der Waals surface area (Å²) in [6.07, 6.45) is 5.51. The predicted octanol–water partition coefficient (Wildman–Crippen LogP) is 5.50. The van der Waals surface area contributed by atoms with Crippen molar-refractivity contribution in [1.29, 1.82) is 0 Å². The first-order valence-electron chi connectivity index (χ1n) is 16.9. The third-order valence-corrected chi connectivity index (χ3v) is 9.58. The number of Topliss-reactive ketones (excluding diaryl/α,β-unsaturated/α-hetero) is 1. The van der Waals surface area contributed by atoms with Gasteiger partial charge in [-0.05, 0) is 111 Å². The summed E-state index contributed by atoms with van der Waals surface area (Å²) in [5, 5.41) is 11.0. The summed E-state index contributed by atoms with van der Waals surface area (Å²) in [4.78, 5) is 47.2. The molecule has 0 N–H and O–H groups in total. The van der Waals surface area contributed by atoms with Crippen LogP contribution in [0, 0.1) is 5.82 Å². The molecule has 4 aromatic rings. The topological polar surface area (TPSA) is 114 Å². The fourth-order valence-corrected chi connectivity index (χ4v) is 6.91. The molecule has 2 aliphatic heterocycles. The molecule has 1 saturated heterocycles. The molecule has 3 aromatic carbocycles. The van der Waals surface area contributed by atoms with Crippen LogP contribution >= 0.6 is 11.6 Å². The molecule has 13 heteroatoms. The second-order valence-corrected chi connectivity index (χ2v) is 14.5. The maximum atomic E-state index is 15.3. The van der Waals surface area contributed by atoms with Crippen LogP contribution in [0.25, 0.3) is 11.8 Å². The molecule has 0 bridgehead atoms. The maximum Gasteiger partial charge on any atom is 0.338 e. The second kappa shape index (κ2) is 14.7. The quantitative estimate of drug-likeness (QED) is 0.164. The van der Waals surface area contributed by atoms with Gasteiger partial charge in [0, 0.05) is 49.4 Å². The molecule has 0 unspecified atom stereocenters. The van der Waals surface area contributed by atoms with E-state index in [1.165, 1.54) is 29.2 Å². The molecule has 0 spiro atoms. The van der Waals surface area contributed by atoms with Gasteiger partial charge in [0.15, 0.2) is 11.6 Å². The summed E-state index contributed by atoms with van der Waals surface area (Å²) in [5.41, 5.74) is 3.65. The number of benzene rings is 3. The SMILES string of the molecule is CN(C)[C@H]1CCN(c2cccc3c2CCN(C(=O)/C=C/c2c(-n4cnnn4)ccc(Cl)c2F)[C@@H]3C(=O)Cc2ccc(C(=O)OC(C)(C)C)cc2)C1. The molecule has 0 aliphatic carbocycles. The van der Waals surface area contributed by atoms with Crippen LogP contribution in [0.1, 0.15) is 65.8 Å². The number of nitrogens with zero attached hydrogens (tertiary/aromatic N) is 7. The highest BCUT2D eigenvalue weighted by molar-refractivity contribution is 6.31. The fraction of sp³-hybridized carbons (Fsp3) is 0.368. The van der Waals surface area contributed by atoms with Crippen molar-refractivity contribution in [3.05, 3.63) is 106 Å². The van der Waals surface area contributed by atoms with Gasteiger partial charge in [0.25, 0.3) is 0 Å². The molecule has 266 valence electrons. The van der Waals surface area contributed by atoms with Crippen LogP contribution in [-0.2, 0) is 27.2 Å². The smallest absolute Gasteiger partial charge is 0.338 e. The predicted molar refractivity (Wildman–Crippen MR) is 192 cm³/mol. The van der Waals surface area contributed by atoms with E-state index in [0.29, 0.717) is 29.3 Å². The number of amides is 1. The number of aromatic nitrogens is 4. The Balaban J connectivity index is 1.33. The summed E-state index contributed by atoms with van der Waals surface area (Å²) in [6.45, 7) is 7.45. The number of halogens is 2. The molecular weight excluding hydrogens is 673 g/mol. The molecule has 1 amide bonds. The van der Waals surface area contributed by atoms with Gasteiger partial charge >= 0.3 is 5.97 Å². The lowest BCUT2D eigenvalue weighted by molar-refractivity contribution is -0.136. The minimum atomic E-state index is -0.896. The summed E-state index contributed by atoms with van der Waals surface area (Å²) >= 11 is 6.12. The number of esters is 1. The Morgan fingerprint density at radius 1 is 1.04 bits per heavy atom. The van der Waals surface area contributed by atoms with Crippen molar-refractivity contribution in [2.75, 3.05) is 38.6 Å². The van der Waals surface area contributed by atoms with Gasteiger partial charge in [0.1, 0.15) is 18.0 Å². The largest absolute Gasteiger partial charge is 0.456 e. The van der Waals surface area contributed by atoms with Gasteiger partial charge in [-0.2, -0.15) is 4.68 Å². The van der Waals surface area contributed by atoms with E-state index < -0.39 is 29.3 Å². The number of ether oxygens (including phenoxy) is 1. The third kappa shape index (κ3) is 7.87. The van der Waals surface area contributed by atoms with E-state index in [1.807, 2.05) is 12.1 Å². The Morgan fingerprint density at radius 3 is 2.47 bits per heavy atom. The Hall–Kier alpha value is -4.94. The van der Waals surface area contributed by atoms with Crippen molar-refractivity contribution >= 4 is 41.0 Å². The van der Waals surface area contributed by atoms with Gasteiger partial charge in [-0.1, -0.05) is 35.9 Å². The molecule has 3 heterocycles. The standard InChI is InChI=1S/C38H41ClFN7O4/c1-38(2,3)51-37(50)25-11-9-24(10-12-25)21-33(48)36-28-7-6-8-31(45-19-17-26(22-45)44(4)5)27(28)18-20-46(36)34(49)16-13-29-32(47-23-41-42-43-47)15-14-30(39)35(29)40/h6-16,23,26,36H,17-22H2,1-5H3/b16-13+/t26-,36-/m0/s1. The number of ketones is 1. The Kier molecular flexibility index (Phi) is 10.4. The number of carbonyl (C=O) groups excluding carboxylic acids is 3. The first-order valence-corrected chi connectivity index (χ1v) is 17.3. The first-order chi connectivity index (χ1) is 24.3. The molecule has 2 atom stereocenters. The van der Waals surface area contributed by atoms with E-state index in [2.05, 4.69) is 45.5 Å². The fourth-order valence-electron chi connectivity index (χ4n) is 6.74. The van der Waals surface area contributed by atoms with Crippen LogP contribution in [0.4, 0.5) is 10.1 Å². The van der Waals surface area contributed by atoms with Crippen LogP contribution in [0.3, 0.4) is 0 Å². The Bertz CT molecular complexity index is 1960. The zero-order valence-electron chi connectivity index (χ0n) is 29.3. The maximum absolute atomic E-state index is 15.3. The van der Waals surface area contributed by atoms with Crippen LogP contribution in [0.15, 0.2) is 67.0 Å². The molecule has 1 aromatic heterocycles. The number of rotatable bonds is 9. The molecule has 11 nitrogen and oxygen atoms in total. The van der Waals surface area contributed by atoms with Crippen LogP contribution in [0.5, 0.6) is 0 Å². The van der Waals surface area contributed by atoms with Gasteiger partial charge in [0.2, 0.25) is 5.91 Å². The monoisotopic (exact) mass is 713 g/mol. The van der Waals surface area contributed by atoms with Crippen molar-refractivity contribution in [1.82, 2.24) is 30.0 Å². The lowest BCUT2D eigenvalue weighted by Crippen LogP contribution is -2.44. The number of carbonyl (C=O) groups is 3. The van der Waals surface area contributed by atoms with Gasteiger partial charge in [0.05, 0.1) is 16.3 Å². The van der Waals surface area contributed by atoms with Gasteiger partial charge in [-0.25, -0.2) is 9.18 Å². The third-order valence-electron chi connectivity index (χ3n) is 9.28. The molecule has 6 rings (SSSR count). The van der Waals surface area contributed by atoms with E-state index in [9.17, 15) is 14.4 Å². The van der Waals surface area contributed by atoms with Crippen molar-refractivity contribution < 1.29 is 23.5 Å². The molecule has 1 fully saturated rings. The Morgan fingerprint density at radius 2 is 1.80 bits per heavy atom. The number of fused-ring (bicyclic) bond motifs is 1. The van der Waals surface area contributed by atoms with E-state index in [4.69, 9.17) is 16.3 Å². The summed E-state index contributed by atoms with van der Waals surface area (Å²) in [7, 11) is 4.17. The lowest BCUT2D eigenvalue weighted by Gasteiger charge is -2.38. The highest BCUT2D eigenvalue weighted by atomic mass is 35.5. The van der Waals surface area contributed by atoms with E-state index in [-0.39, 0.29) is 29.3 Å². The van der Waals surface area contributed by atoms with Gasteiger partial charge in [-0.3, -0.25) is 9.59 Å². The van der Waals surface area contributed by atoms with Crippen molar-refractivity contribution in [2.24, 2.45) is 0 Å².